The molecule has 0 bridgehead atoms. The minimum atomic E-state index is -0.731. The van der Waals surface area contributed by atoms with Crippen LogP contribution in [0.2, 0.25) is 0 Å². The second-order valence-electron chi connectivity index (χ2n) is 5.83. The molecule has 0 unspecified atom stereocenters. The molecule has 0 radical (unpaired) electrons. The normalized spacial score (nSPS) is 32.7. The Morgan fingerprint density at radius 3 is 2.59 bits per heavy atom. The van der Waals surface area contributed by atoms with Crippen LogP contribution < -0.4 is 4.74 Å². The van der Waals surface area contributed by atoms with Crippen LogP contribution in [0.3, 0.4) is 0 Å². The van der Waals surface area contributed by atoms with E-state index in [4.69, 9.17) is 23.7 Å². The Hall–Kier alpha value is -1.47. The molecule has 6 nitrogen and oxygen atoms in total. The number of fused-ring (bicyclic) bond motifs is 1. The molecule has 2 heterocycles. The Bertz CT molecular complexity index is 526. The van der Waals surface area contributed by atoms with Crippen molar-refractivity contribution in [1.82, 2.24) is 0 Å². The van der Waals surface area contributed by atoms with Crippen LogP contribution in [-0.2, 0) is 30.3 Å². The first kappa shape index (κ1) is 15.4. The van der Waals surface area contributed by atoms with Gasteiger partial charge in [-0.15, -0.1) is 0 Å². The lowest BCUT2D eigenvalue weighted by Gasteiger charge is -2.23. The Kier molecular flexibility index (Phi) is 4.18. The van der Waals surface area contributed by atoms with Crippen molar-refractivity contribution in [2.24, 2.45) is 0 Å². The Morgan fingerprint density at radius 2 is 1.95 bits per heavy atom. The highest BCUT2D eigenvalue weighted by Gasteiger charge is 2.55. The molecule has 3 rings (SSSR count). The van der Waals surface area contributed by atoms with Gasteiger partial charge in [0.1, 0.15) is 24.1 Å². The zero-order valence-electron chi connectivity index (χ0n) is 12.9. The monoisotopic (exact) mass is 308 g/mol. The Balaban J connectivity index is 1.65. The molecule has 0 spiro atoms. The molecule has 120 valence electrons. The van der Waals surface area contributed by atoms with E-state index < -0.39 is 30.4 Å². The van der Waals surface area contributed by atoms with Crippen molar-refractivity contribution in [2.45, 2.75) is 50.8 Å². The number of aldehydes is 1. The van der Waals surface area contributed by atoms with E-state index >= 15 is 0 Å². The lowest BCUT2D eigenvalue weighted by atomic mass is 10.1. The summed E-state index contributed by atoms with van der Waals surface area (Å²) in [5.41, 5.74) is 0.979. The molecule has 2 aliphatic heterocycles. The second kappa shape index (κ2) is 5.96. The summed E-state index contributed by atoms with van der Waals surface area (Å²) in [4.78, 5) is 11.2. The number of carbonyl (C=O) groups excluding carboxylic acids is 1. The van der Waals surface area contributed by atoms with Crippen molar-refractivity contribution in [3.8, 4) is 5.75 Å². The van der Waals surface area contributed by atoms with Crippen molar-refractivity contribution < 1.29 is 28.5 Å². The van der Waals surface area contributed by atoms with Crippen LogP contribution in [0, 0.1) is 0 Å². The molecule has 0 amide bonds. The summed E-state index contributed by atoms with van der Waals surface area (Å²) in [5, 5.41) is 0. The molecule has 1 aromatic carbocycles. The third-order valence-electron chi connectivity index (χ3n) is 3.76. The van der Waals surface area contributed by atoms with Crippen LogP contribution in [0.25, 0.3) is 0 Å². The molecule has 0 aliphatic carbocycles. The smallest absolute Gasteiger partial charge is 0.190 e. The predicted molar refractivity (Wildman–Crippen MR) is 76.3 cm³/mol. The van der Waals surface area contributed by atoms with Crippen molar-refractivity contribution >= 4 is 6.29 Å². The van der Waals surface area contributed by atoms with E-state index in [-0.39, 0.29) is 0 Å². The topological polar surface area (TPSA) is 63.2 Å². The number of hydrogen-bond donors (Lipinski definition) is 0. The molecular weight excluding hydrogens is 288 g/mol. The van der Waals surface area contributed by atoms with Gasteiger partial charge in [-0.25, -0.2) is 0 Å². The van der Waals surface area contributed by atoms with Crippen LogP contribution >= 0.6 is 0 Å². The quantitative estimate of drug-likeness (QED) is 0.771. The Labute approximate surface area is 129 Å². The number of hydrogen-bond acceptors (Lipinski definition) is 6. The van der Waals surface area contributed by atoms with Crippen molar-refractivity contribution in [1.29, 1.82) is 0 Å². The number of carbonyl (C=O) groups is 1. The lowest BCUT2D eigenvalue weighted by Crippen LogP contribution is -2.37. The highest BCUT2D eigenvalue weighted by molar-refractivity contribution is 5.58. The summed E-state index contributed by atoms with van der Waals surface area (Å²) in [6.07, 6.45) is -1.39. The van der Waals surface area contributed by atoms with Crippen LogP contribution in [-0.4, -0.2) is 43.8 Å². The van der Waals surface area contributed by atoms with Gasteiger partial charge in [0.25, 0.3) is 0 Å². The summed E-state index contributed by atoms with van der Waals surface area (Å²) in [7, 11) is 1.62. The molecule has 2 fully saturated rings. The zero-order chi connectivity index (χ0) is 15.7. The molecule has 1 aromatic rings. The van der Waals surface area contributed by atoms with Crippen LogP contribution in [0.15, 0.2) is 24.3 Å². The number of rotatable bonds is 5. The second-order valence-corrected chi connectivity index (χ2v) is 5.83. The van der Waals surface area contributed by atoms with Gasteiger partial charge in [-0.2, -0.15) is 0 Å². The summed E-state index contributed by atoms with van der Waals surface area (Å²) in [6, 6.07) is 7.56. The van der Waals surface area contributed by atoms with E-state index in [0.717, 1.165) is 17.6 Å². The largest absolute Gasteiger partial charge is 0.497 e. The molecule has 6 heteroatoms. The van der Waals surface area contributed by atoms with E-state index in [9.17, 15) is 4.79 Å². The van der Waals surface area contributed by atoms with E-state index in [1.807, 2.05) is 38.1 Å². The highest BCUT2D eigenvalue weighted by Crippen LogP contribution is 2.38. The molecule has 2 saturated heterocycles. The van der Waals surface area contributed by atoms with Crippen LogP contribution in [0.4, 0.5) is 0 Å². The number of ether oxygens (including phenoxy) is 5. The Morgan fingerprint density at radius 1 is 1.23 bits per heavy atom. The van der Waals surface area contributed by atoms with Gasteiger partial charge < -0.3 is 28.5 Å². The first-order valence-corrected chi connectivity index (χ1v) is 7.23. The lowest BCUT2D eigenvalue weighted by molar-refractivity contribution is -0.216. The van der Waals surface area contributed by atoms with Crippen molar-refractivity contribution in [3.05, 3.63) is 29.8 Å². The van der Waals surface area contributed by atoms with Gasteiger partial charge in [-0.3, -0.25) is 0 Å². The van der Waals surface area contributed by atoms with Gasteiger partial charge in [0, 0.05) is 0 Å². The summed E-state index contributed by atoms with van der Waals surface area (Å²) < 4.78 is 27.9. The van der Waals surface area contributed by atoms with Gasteiger partial charge in [-0.05, 0) is 31.5 Å². The number of benzene rings is 1. The molecule has 0 saturated carbocycles. The molecule has 0 aromatic heterocycles. The molecular formula is C16H20O6. The fourth-order valence-electron chi connectivity index (χ4n) is 2.72. The summed E-state index contributed by atoms with van der Waals surface area (Å²) in [6.45, 7) is 3.98. The summed E-state index contributed by atoms with van der Waals surface area (Å²) >= 11 is 0. The fraction of sp³-hybridized carbons (Fsp3) is 0.562. The first-order chi connectivity index (χ1) is 10.5. The number of methoxy groups -OCH3 is 1. The summed E-state index contributed by atoms with van der Waals surface area (Å²) in [5.74, 6) is 0.0540. The molecule has 22 heavy (non-hydrogen) atoms. The SMILES string of the molecule is COc1ccc(CO[C@H]2[C@H]3OC(C)(C)O[C@H]3O[C@@H]2C=O)cc1. The van der Waals surface area contributed by atoms with Gasteiger partial charge >= 0.3 is 0 Å². The van der Waals surface area contributed by atoms with Crippen LogP contribution in [0.1, 0.15) is 19.4 Å². The van der Waals surface area contributed by atoms with Gasteiger partial charge in [0.05, 0.1) is 13.7 Å². The van der Waals surface area contributed by atoms with E-state index in [1.54, 1.807) is 7.11 Å². The minimum absolute atomic E-state index is 0.357. The minimum Gasteiger partial charge on any atom is -0.497 e. The average molecular weight is 308 g/mol. The average Bonchev–Trinajstić information content (AvgIpc) is 2.97. The molecule has 4 atom stereocenters. The molecule has 2 aliphatic rings. The standard InChI is InChI=1S/C16H20O6/c1-16(2)21-14-13(12(8-17)20-15(14)22-16)19-9-10-4-6-11(18-3)7-5-10/h4-8,12-15H,9H2,1-3H3/t12-,13-,14-,15-/m1/s1. The maximum absolute atomic E-state index is 11.2. The van der Waals surface area contributed by atoms with E-state index in [0.29, 0.717) is 6.61 Å². The molecule has 0 N–H and O–H groups in total. The predicted octanol–water partition coefficient (Wildman–Crippen LogP) is 1.66. The van der Waals surface area contributed by atoms with Crippen LogP contribution in [0.5, 0.6) is 5.75 Å². The first-order valence-electron chi connectivity index (χ1n) is 7.23. The maximum atomic E-state index is 11.2. The van der Waals surface area contributed by atoms with Gasteiger partial charge in [-0.1, -0.05) is 12.1 Å². The van der Waals surface area contributed by atoms with Crippen molar-refractivity contribution in [2.75, 3.05) is 7.11 Å². The van der Waals surface area contributed by atoms with Gasteiger partial charge in [0.2, 0.25) is 0 Å². The zero-order valence-corrected chi connectivity index (χ0v) is 12.9. The fourth-order valence-corrected chi connectivity index (χ4v) is 2.72. The third-order valence-corrected chi connectivity index (χ3v) is 3.76. The van der Waals surface area contributed by atoms with Crippen molar-refractivity contribution in [3.63, 3.8) is 0 Å². The van der Waals surface area contributed by atoms with E-state index in [2.05, 4.69) is 0 Å². The highest BCUT2D eigenvalue weighted by atomic mass is 16.8. The maximum Gasteiger partial charge on any atom is 0.190 e. The third kappa shape index (κ3) is 3.01. The van der Waals surface area contributed by atoms with E-state index in [1.165, 1.54) is 0 Å². The van der Waals surface area contributed by atoms with Gasteiger partial charge in [0.15, 0.2) is 18.4 Å².